The van der Waals surface area contributed by atoms with Gasteiger partial charge in [0.05, 0.1) is 0 Å². The third-order valence-electron chi connectivity index (χ3n) is 4.36. The zero-order valence-corrected chi connectivity index (χ0v) is 17.9. The number of nitrogens with zero attached hydrogens (tertiary/aromatic N) is 1. The molecule has 0 N–H and O–H groups in total. The predicted molar refractivity (Wildman–Crippen MR) is 116 cm³/mol. The molecule has 3 aromatic rings. The molecule has 1 atom stereocenters. The molecule has 1 unspecified atom stereocenters. The molecule has 0 amide bonds. The second kappa shape index (κ2) is 9.13. The Labute approximate surface area is 175 Å². The maximum absolute atomic E-state index is 13.6. The van der Waals surface area contributed by atoms with Crippen LogP contribution in [-0.2, 0) is 13.6 Å². The molecule has 0 radical (unpaired) electrons. The summed E-state index contributed by atoms with van der Waals surface area (Å²) in [6.45, 7) is 0. The minimum absolute atomic E-state index is 0.609. The van der Waals surface area contributed by atoms with Gasteiger partial charge in [-0.05, 0) is 54.1 Å². The topological polar surface area (TPSA) is 38.8 Å². The molecule has 0 aliphatic heterocycles. The van der Waals surface area contributed by atoms with E-state index in [4.69, 9.17) is 32.2 Å². The first-order valence-corrected chi connectivity index (χ1v) is 10.9. The maximum atomic E-state index is 13.6. The minimum atomic E-state index is -3.56. The van der Waals surface area contributed by atoms with Gasteiger partial charge in [0.2, 0.25) is 0 Å². The van der Waals surface area contributed by atoms with Crippen molar-refractivity contribution < 1.29 is 13.6 Å². The van der Waals surface area contributed by atoms with Crippen LogP contribution in [0.3, 0.4) is 0 Å². The van der Waals surface area contributed by atoms with Gasteiger partial charge < -0.3 is 13.9 Å². The molecule has 3 aromatic carbocycles. The third kappa shape index (κ3) is 4.43. The number of hydrogen-bond donors (Lipinski definition) is 0. The van der Waals surface area contributed by atoms with Crippen LogP contribution in [0.5, 0.6) is 0 Å². The van der Waals surface area contributed by atoms with Gasteiger partial charge in [-0.25, -0.2) is 0 Å². The van der Waals surface area contributed by atoms with Gasteiger partial charge in [0.25, 0.3) is 0 Å². The fourth-order valence-electron chi connectivity index (χ4n) is 3.01. The summed E-state index contributed by atoms with van der Waals surface area (Å²) in [5.41, 5.74) is 2.37. The summed E-state index contributed by atoms with van der Waals surface area (Å²) in [6.07, 6.45) is 0. The van der Waals surface area contributed by atoms with E-state index in [9.17, 15) is 4.57 Å². The van der Waals surface area contributed by atoms with Crippen molar-refractivity contribution in [1.29, 1.82) is 0 Å². The van der Waals surface area contributed by atoms with Crippen molar-refractivity contribution in [1.82, 2.24) is 0 Å². The van der Waals surface area contributed by atoms with Crippen LogP contribution in [0.15, 0.2) is 78.9 Å². The number of hydrogen-bond acceptors (Lipinski definition) is 4. The first-order valence-electron chi connectivity index (χ1n) is 8.55. The first-order chi connectivity index (χ1) is 13.5. The van der Waals surface area contributed by atoms with Crippen molar-refractivity contribution in [2.24, 2.45) is 0 Å². The lowest BCUT2D eigenvalue weighted by atomic mass is 10.1. The Hall–Kier alpha value is -1.81. The summed E-state index contributed by atoms with van der Waals surface area (Å²) in [5.74, 6) is -0.717. The fraction of sp³-hybridized carbons (Fsp3) is 0.143. The number of rotatable bonds is 7. The quantitative estimate of drug-likeness (QED) is 0.364. The lowest BCUT2D eigenvalue weighted by Crippen LogP contribution is -2.25. The average molecular weight is 436 g/mol. The molecule has 0 aliphatic carbocycles. The molecule has 0 bridgehead atoms. The highest BCUT2D eigenvalue weighted by Gasteiger charge is 2.41. The minimum Gasteiger partial charge on any atom is -0.323 e. The van der Waals surface area contributed by atoms with Crippen molar-refractivity contribution in [3.8, 4) is 0 Å². The van der Waals surface area contributed by atoms with Crippen molar-refractivity contribution >= 4 is 42.2 Å². The number of benzene rings is 3. The van der Waals surface area contributed by atoms with Crippen molar-refractivity contribution in [3.05, 3.63) is 94.5 Å². The molecule has 28 heavy (non-hydrogen) atoms. The van der Waals surface area contributed by atoms with E-state index in [-0.39, 0.29) is 0 Å². The monoisotopic (exact) mass is 435 g/mol. The molecule has 0 saturated heterocycles. The molecule has 0 aromatic heterocycles. The van der Waals surface area contributed by atoms with E-state index >= 15 is 0 Å². The summed E-state index contributed by atoms with van der Waals surface area (Å²) >= 11 is 12.2. The Morgan fingerprint density at radius 3 is 1.57 bits per heavy atom. The fourth-order valence-corrected chi connectivity index (χ4v) is 4.89. The van der Waals surface area contributed by atoms with E-state index in [1.807, 2.05) is 59.5 Å². The van der Waals surface area contributed by atoms with Gasteiger partial charge in [-0.1, -0.05) is 53.5 Å². The van der Waals surface area contributed by atoms with Crippen LogP contribution in [-0.4, -0.2) is 14.2 Å². The lowest BCUT2D eigenvalue weighted by molar-refractivity contribution is 0.266. The molecule has 4 nitrogen and oxygen atoms in total. The van der Waals surface area contributed by atoms with Crippen molar-refractivity contribution in [2.75, 3.05) is 19.1 Å². The SMILES string of the molecule is COP(=O)(OC)C(c1ccccc1)N(c1ccc(Cl)cc1)c1ccc(Cl)cc1. The second-order valence-electron chi connectivity index (χ2n) is 6.01. The molecule has 7 heteroatoms. The van der Waals surface area contributed by atoms with Gasteiger partial charge in [-0.2, -0.15) is 0 Å². The predicted octanol–water partition coefficient (Wildman–Crippen LogP) is 7.32. The Morgan fingerprint density at radius 1 is 0.750 bits per heavy atom. The smallest absolute Gasteiger partial charge is 0.323 e. The van der Waals surface area contributed by atoms with Gasteiger partial charge in [-0.3, -0.25) is 4.57 Å². The van der Waals surface area contributed by atoms with Crippen LogP contribution in [0.4, 0.5) is 11.4 Å². The standard InChI is InChI=1S/C21H20Cl2NO3P/c1-26-28(25,27-2)21(16-6-4-3-5-7-16)24(19-12-8-17(22)9-13-19)20-14-10-18(23)11-15-20/h3-15,21H,1-2H3. The van der Waals surface area contributed by atoms with Crippen LogP contribution in [0, 0.1) is 0 Å². The highest BCUT2D eigenvalue weighted by Crippen LogP contribution is 2.63. The van der Waals surface area contributed by atoms with Gasteiger partial charge in [0.15, 0.2) is 5.78 Å². The Balaban J connectivity index is 2.25. The molecule has 0 spiro atoms. The molecule has 0 aliphatic rings. The van der Waals surface area contributed by atoms with Gasteiger partial charge in [0, 0.05) is 35.6 Å². The normalized spacial score (nSPS) is 12.6. The summed E-state index contributed by atoms with van der Waals surface area (Å²) < 4.78 is 24.5. The maximum Gasteiger partial charge on any atom is 0.357 e. The Bertz CT molecular complexity index is 896. The van der Waals surface area contributed by atoms with E-state index in [0.717, 1.165) is 16.9 Å². The Kier molecular flexibility index (Phi) is 6.82. The summed E-state index contributed by atoms with van der Waals surface area (Å²) in [6, 6.07) is 24.1. The van der Waals surface area contributed by atoms with Crippen LogP contribution in [0.1, 0.15) is 11.3 Å². The van der Waals surface area contributed by atoms with Crippen LogP contribution in [0.2, 0.25) is 10.0 Å². The van der Waals surface area contributed by atoms with E-state index in [2.05, 4.69) is 0 Å². The number of anilines is 2. The van der Waals surface area contributed by atoms with E-state index in [1.54, 1.807) is 24.3 Å². The van der Waals surface area contributed by atoms with Crippen LogP contribution in [0.25, 0.3) is 0 Å². The summed E-state index contributed by atoms with van der Waals surface area (Å²) in [5, 5.41) is 1.22. The molecular weight excluding hydrogens is 416 g/mol. The zero-order chi connectivity index (χ0) is 20.1. The summed E-state index contributed by atoms with van der Waals surface area (Å²) in [7, 11) is -0.782. The largest absolute Gasteiger partial charge is 0.357 e. The van der Waals surface area contributed by atoms with Crippen LogP contribution >= 0.6 is 30.8 Å². The van der Waals surface area contributed by atoms with Crippen molar-refractivity contribution in [3.63, 3.8) is 0 Å². The summed E-state index contributed by atoms with van der Waals surface area (Å²) in [4.78, 5) is 1.91. The van der Waals surface area contributed by atoms with Gasteiger partial charge in [0.1, 0.15) is 0 Å². The Morgan fingerprint density at radius 2 is 1.18 bits per heavy atom. The molecule has 0 heterocycles. The van der Waals surface area contributed by atoms with Crippen LogP contribution < -0.4 is 4.90 Å². The first kappa shape index (κ1) is 20.9. The van der Waals surface area contributed by atoms with Gasteiger partial charge >= 0.3 is 7.60 Å². The van der Waals surface area contributed by atoms with E-state index in [1.165, 1.54) is 14.2 Å². The highest BCUT2D eigenvalue weighted by molar-refractivity contribution is 7.54. The zero-order valence-electron chi connectivity index (χ0n) is 15.5. The highest BCUT2D eigenvalue weighted by atomic mass is 35.5. The lowest BCUT2D eigenvalue weighted by Gasteiger charge is -2.37. The molecule has 146 valence electrons. The number of halogens is 2. The second-order valence-corrected chi connectivity index (χ2v) is 9.18. The van der Waals surface area contributed by atoms with E-state index < -0.39 is 13.4 Å². The molecule has 0 fully saturated rings. The molecular formula is C21H20Cl2NO3P. The van der Waals surface area contributed by atoms with E-state index in [0.29, 0.717) is 10.0 Å². The molecule has 0 saturated carbocycles. The third-order valence-corrected chi connectivity index (χ3v) is 7.01. The average Bonchev–Trinajstić information content (AvgIpc) is 2.74. The molecule has 3 rings (SSSR count). The van der Waals surface area contributed by atoms with Crippen molar-refractivity contribution in [2.45, 2.75) is 5.78 Å². The van der Waals surface area contributed by atoms with Gasteiger partial charge in [-0.15, -0.1) is 0 Å².